The number of nitrogens with zero attached hydrogens (tertiary/aromatic N) is 1. The maximum atomic E-state index is 12.8. The lowest BCUT2D eigenvalue weighted by atomic mass is 9.84. The number of hydrogen-bond donors (Lipinski definition) is 2. The maximum Gasteiger partial charge on any atom is 0.223 e. The lowest BCUT2D eigenvalue weighted by Crippen LogP contribution is -2.43. The third kappa shape index (κ3) is 4.46. The standard InChI is InChI=1S/C26H33BN3OP/c1-15-3-10-22-21(11-15)23(14-24(30-22)26(2,27)32)28-18-6-8-19(9-7-18)29-25(31)20-13-16-4-5-17(20)12-16/h3-5,10-11,14,16-20H,6-9,12-13,32H2,1-2H3,(H,28,30)(H,29,31). The highest BCUT2D eigenvalue weighted by atomic mass is 31.0. The van der Waals surface area contributed by atoms with E-state index in [1.54, 1.807) is 0 Å². The number of benzene rings is 1. The number of fused-ring (bicyclic) bond motifs is 3. The average molecular weight is 445 g/mol. The lowest BCUT2D eigenvalue weighted by molar-refractivity contribution is -0.126. The van der Waals surface area contributed by atoms with Gasteiger partial charge in [0, 0.05) is 34.8 Å². The molecule has 5 unspecified atom stereocenters. The molecule has 2 aromatic rings. The van der Waals surface area contributed by atoms with Gasteiger partial charge in [0.15, 0.2) is 0 Å². The van der Waals surface area contributed by atoms with E-state index in [2.05, 4.69) is 63.2 Å². The predicted molar refractivity (Wildman–Crippen MR) is 136 cm³/mol. The third-order valence-corrected chi connectivity index (χ3v) is 7.86. The second-order valence-corrected chi connectivity index (χ2v) is 11.6. The van der Waals surface area contributed by atoms with Crippen LogP contribution < -0.4 is 10.6 Å². The summed E-state index contributed by atoms with van der Waals surface area (Å²) < 4.78 is 0. The Morgan fingerprint density at radius 3 is 2.53 bits per heavy atom. The maximum absolute atomic E-state index is 12.8. The Kier molecular flexibility index (Phi) is 5.82. The fraction of sp³-hybridized carbons (Fsp3) is 0.538. The van der Waals surface area contributed by atoms with Crippen molar-refractivity contribution in [1.82, 2.24) is 10.3 Å². The first-order valence-corrected chi connectivity index (χ1v) is 12.6. The molecule has 2 bridgehead atoms. The van der Waals surface area contributed by atoms with E-state index in [0.717, 1.165) is 54.4 Å². The van der Waals surface area contributed by atoms with Crippen molar-refractivity contribution in [3.8, 4) is 0 Å². The van der Waals surface area contributed by atoms with E-state index < -0.39 is 5.06 Å². The molecule has 1 heterocycles. The molecule has 3 aliphatic rings. The molecule has 2 saturated carbocycles. The Balaban J connectivity index is 1.24. The van der Waals surface area contributed by atoms with Crippen molar-refractivity contribution in [3.05, 3.63) is 47.7 Å². The minimum Gasteiger partial charge on any atom is -0.382 e. The van der Waals surface area contributed by atoms with Gasteiger partial charge in [0.1, 0.15) is 0 Å². The van der Waals surface area contributed by atoms with Gasteiger partial charge in [-0.25, -0.2) is 0 Å². The fourth-order valence-corrected chi connectivity index (χ4v) is 5.88. The van der Waals surface area contributed by atoms with Crippen LogP contribution in [0.2, 0.25) is 0 Å². The summed E-state index contributed by atoms with van der Waals surface area (Å²) in [5, 5.41) is 7.72. The summed E-state index contributed by atoms with van der Waals surface area (Å²) in [4.78, 5) is 17.6. The van der Waals surface area contributed by atoms with Crippen molar-refractivity contribution >= 4 is 39.6 Å². The van der Waals surface area contributed by atoms with Gasteiger partial charge in [0.05, 0.1) is 13.4 Å². The molecule has 166 valence electrons. The van der Waals surface area contributed by atoms with Crippen LogP contribution >= 0.6 is 9.24 Å². The summed E-state index contributed by atoms with van der Waals surface area (Å²) in [6.07, 6.45) is 10.9. The first-order chi connectivity index (χ1) is 15.3. The number of amides is 1. The van der Waals surface area contributed by atoms with Gasteiger partial charge >= 0.3 is 0 Å². The Morgan fingerprint density at radius 2 is 1.88 bits per heavy atom. The van der Waals surface area contributed by atoms with Crippen LogP contribution in [0.3, 0.4) is 0 Å². The minimum absolute atomic E-state index is 0.197. The molecule has 5 rings (SSSR count). The van der Waals surface area contributed by atoms with Crippen LogP contribution in [-0.2, 0) is 9.85 Å². The molecule has 0 spiro atoms. The van der Waals surface area contributed by atoms with E-state index in [9.17, 15) is 4.79 Å². The Morgan fingerprint density at radius 1 is 1.12 bits per heavy atom. The predicted octanol–water partition coefficient (Wildman–Crippen LogP) is 4.81. The van der Waals surface area contributed by atoms with Crippen molar-refractivity contribution in [2.24, 2.45) is 17.8 Å². The van der Waals surface area contributed by atoms with Crippen molar-refractivity contribution in [2.45, 2.75) is 69.5 Å². The largest absolute Gasteiger partial charge is 0.382 e. The number of nitrogens with one attached hydrogen (secondary N) is 2. The summed E-state index contributed by atoms with van der Waals surface area (Å²) in [6.45, 7) is 4.07. The zero-order valence-electron chi connectivity index (χ0n) is 19.1. The monoisotopic (exact) mass is 445 g/mol. The van der Waals surface area contributed by atoms with Gasteiger partial charge in [0.25, 0.3) is 0 Å². The van der Waals surface area contributed by atoms with E-state index in [0.29, 0.717) is 23.9 Å². The highest BCUT2D eigenvalue weighted by molar-refractivity contribution is 7.21. The summed E-state index contributed by atoms with van der Waals surface area (Å²) in [5.41, 5.74) is 4.16. The molecule has 4 nitrogen and oxygen atoms in total. The van der Waals surface area contributed by atoms with Crippen molar-refractivity contribution in [3.63, 3.8) is 0 Å². The van der Waals surface area contributed by atoms with Crippen molar-refractivity contribution < 1.29 is 4.79 Å². The molecular formula is C26H33BN3OP. The van der Waals surface area contributed by atoms with Crippen LogP contribution in [0, 0.1) is 24.7 Å². The molecule has 2 radical (unpaired) electrons. The summed E-state index contributed by atoms with van der Waals surface area (Å²) in [6, 6.07) is 9.16. The van der Waals surface area contributed by atoms with Gasteiger partial charge in [-0.2, -0.15) is 0 Å². The molecule has 1 aromatic carbocycles. The van der Waals surface area contributed by atoms with Gasteiger partial charge in [-0.3, -0.25) is 9.78 Å². The fourth-order valence-electron chi connectivity index (χ4n) is 5.73. The quantitative estimate of drug-likeness (QED) is 0.395. The minimum atomic E-state index is -0.577. The average Bonchev–Trinajstić information content (AvgIpc) is 3.38. The highest BCUT2D eigenvalue weighted by Gasteiger charge is 2.40. The van der Waals surface area contributed by atoms with E-state index in [-0.39, 0.29) is 11.8 Å². The molecule has 2 fully saturated rings. The number of carbonyl (C=O) groups excluding carboxylic acids is 1. The molecule has 1 amide bonds. The summed E-state index contributed by atoms with van der Waals surface area (Å²) >= 11 is 0. The Labute approximate surface area is 195 Å². The molecule has 1 aromatic heterocycles. The van der Waals surface area contributed by atoms with Crippen LogP contribution in [-0.4, -0.2) is 30.8 Å². The first kappa shape index (κ1) is 22.0. The summed E-state index contributed by atoms with van der Waals surface area (Å²) in [7, 11) is 9.04. The normalized spacial score (nSPS) is 30.9. The van der Waals surface area contributed by atoms with Crippen LogP contribution in [0.5, 0.6) is 0 Å². The second kappa shape index (κ2) is 8.48. The van der Waals surface area contributed by atoms with Crippen molar-refractivity contribution in [1.29, 1.82) is 0 Å². The molecular weight excluding hydrogens is 412 g/mol. The SMILES string of the molecule is [B]C(C)(P)c1cc(NC2CCC(NC(=O)C3CC4C=CC3C4)CC2)c2cc(C)ccc2n1. The first-order valence-electron chi connectivity index (χ1n) is 12.0. The number of carbonyl (C=O) groups is 1. The molecule has 6 heteroatoms. The van der Waals surface area contributed by atoms with Crippen LogP contribution in [0.15, 0.2) is 36.4 Å². The topological polar surface area (TPSA) is 54.0 Å². The number of rotatable bonds is 5. The number of anilines is 1. The van der Waals surface area contributed by atoms with E-state index >= 15 is 0 Å². The van der Waals surface area contributed by atoms with Gasteiger partial charge in [-0.15, -0.1) is 9.24 Å². The van der Waals surface area contributed by atoms with Crippen LogP contribution in [0.1, 0.15) is 56.7 Å². The third-order valence-electron chi connectivity index (χ3n) is 7.56. The number of aryl methyl sites for hydroxylation is 1. The van der Waals surface area contributed by atoms with Crippen LogP contribution in [0.25, 0.3) is 10.9 Å². The second-order valence-electron chi connectivity index (χ2n) is 10.4. The molecule has 5 atom stereocenters. The van der Waals surface area contributed by atoms with Gasteiger partial charge in [-0.1, -0.05) is 30.7 Å². The molecule has 32 heavy (non-hydrogen) atoms. The van der Waals surface area contributed by atoms with Gasteiger partial charge in [-0.05, 0) is 80.5 Å². The number of pyridine rings is 1. The molecule has 0 saturated heterocycles. The summed E-state index contributed by atoms with van der Waals surface area (Å²) in [5.74, 6) is 1.58. The Hall–Kier alpha value is -1.87. The smallest absolute Gasteiger partial charge is 0.223 e. The number of hydrogen-bond acceptors (Lipinski definition) is 3. The van der Waals surface area contributed by atoms with Crippen molar-refractivity contribution in [2.75, 3.05) is 5.32 Å². The number of allylic oxidation sites excluding steroid dienone is 2. The highest BCUT2D eigenvalue weighted by Crippen LogP contribution is 2.43. The van der Waals surface area contributed by atoms with E-state index in [1.165, 1.54) is 12.0 Å². The van der Waals surface area contributed by atoms with Crippen LogP contribution in [0.4, 0.5) is 5.69 Å². The number of aromatic nitrogens is 1. The van der Waals surface area contributed by atoms with Gasteiger partial charge < -0.3 is 10.6 Å². The Bertz CT molecular complexity index is 1050. The molecule has 3 aliphatic carbocycles. The van der Waals surface area contributed by atoms with E-state index in [4.69, 9.17) is 12.8 Å². The van der Waals surface area contributed by atoms with Gasteiger partial charge in [0.2, 0.25) is 5.91 Å². The zero-order valence-corrected chi connectivity index (χ0v) is 20.3. The lowest BCUT2D eigenvalue weighted by Gasteiger charge is -2.32. The molecule has 2 N–H and O–H groups in total. The zero-order chi connectivity index (χ0) is 22.5. The molecule has 0 aliphatic heterocycles. The van der Waals surface area contributed by atoms with E-state index in [1.807, 2.05) is 6.92 Å².